The second-order valence-electron chi connectivity index (χ2n) is 6.01. The Kier molecular flexibility index (Phi) is 4.32. The van der Waals surface area contributed by atoms with E-state index in [1.165, 1.54) is 5.56 Å². The van der Waals surface area contributed by atoms with Gasteiger partial charge in [-0.15, -0.1) is 0 Å². The van der Waals surface area contributed by atoms with Crippen molar-refractivity contribution in [1.82, 2.24) is 4.72 Å². The molecule has 1 aliphatic carbocycles. The number of nitrogens with one attached hydrogen (secondary N) is 1. The first kappa shape index (κ1) is 15.3. The number of hydrogen-bond acceptors (Lipinski definition) is 2. The van der Waals surface area contributed by atoms with Gasteiger partial charge in [-0.05, 0) is 42.9 Å². The summed E-state index contributed by atoms with van der Waals surface area (Å²) in [5, 5.41) is 0. The Labute approximate surface area is 132 Å². The van der Waals surface area contributed by atoms with E-state index in [-0.39, 0.29) is 11.8 Å². The predicted octanol–water partition coefficient (Wildman–Crippen LogP) is 3.49. The monoisotopic (exact) mass is 315 g/mol. The van der Waals surface area contributed by atoms with Gasteiger partial charge >= 0.3 is 0 Å². The van der Waals surface area contributed by atoms with E-state index >= 15 is 0 Å². The molecule has 4 heteroatoms. The summed E-state index contributed by atoms with van der Waals surface area (Å²) in [6.45, 7) is 1.97. The van der Waals surface area contributed by atoms with Crippen molar-refractivity contribution in [3.63, 3.8) is 0 Å². The highest BCUT2D eigenvalue weighted by molar-refractivity contribution is 7.88. The van der Waals surface area contributed by atoms with Crippen LogP contribution in [0.1, 0.15) is 41.1 Å². The van der Waals surface area contributed by atoms with Gasteiger partial charge in [0.25, 0.3) is 0 Å². The standard InChI is InChI=1S/C18H21NO2S/c1-14-6-4-7-15(12-14)13-22(20,21)19-18-11-5-9-16-8-2-3-10-17(16)18/h2-4,6-8,10,12,18-19H,5,9,11,13H2,1H3. The molecule has 0 heterocycles. The van der Waals surface area contributed by atoms with E-state index in [2.05, 4.69) is 10.8 Å². The molecule has 0 spiro atoms. The molecule has 0 bridgehead atoms. The summed E-state index contributed by atoms with van der Waals surface area (Å²) in [6.07, 6.45) is 2.92. The molecule has 3 nitrogen and oxygen atoms in total. The van der Waals surface area contributed by atoms with E-state index in [0.717, 1.165) is 36.0 Å². The lowest BCUT2D eigenvalue weighted by Crippen LogP contribution is -2.32. The van der Waals surface area contributed by atoms with Crippen LogP contribution < -0.4 is 4.72 Å². The molecule has 2 aromatic carbocycles. The summed E-state index contributed by atoms with van der Waals surface area (Å²) >= 11 is 0. The lowest BCUT2D eigenvalue weighted by molar-refractivity contribution is 0.507. The van der Waals surface area contributed by atoms with Gasteiger partial charge in [0.2, 0.25) is 10.0 Å². The van der Waals surface area contributed by atoms with Crippen LogP contribution in [0.4, 0.5) is 0 Å². The number of benzene rings is 2. The number of rotatable bonds is 4. The Morgan fingerprint density at radius 1 is 1.14 bits per heavy atom. The van der Waals surface area contributed by atoms with Crippen molar-refractivity contribution in [2.45, 2.75) is 38.0 Å². The molecular weight excluding hydrogens is 294 g/mol. The first-order valence-corrected chi connectivity index (χ1v) is 9.32. The van der Waals surface area contributed by atoms with Crippen LogP contribution in [0, 0.1) is 6.92 Å². The van der Waals surface area contributed by atoms with Crippen LogP contribution in [0.5, 0.6) is 0 Å². The van der Waals surface area contributed by atoms with Crippen LogP contribution in [-0.2, 0) is 22.2 Å². The summed E-state index contributed by atoms with van der Waals surface area (Å²) in [4.78, 5) is 0. The molecule has 0 amide bonds. The Bertz CT molecular complexity index is 768. The van der Waals surface area contributed by atoms with E-state index in [1.54, 1.807) is 0 Å². The maximum absolute atomic E-state index is 12.5. The highest BCUT2D eigenvalue weighted by Crippen LogP contribution is 2.30. The second kappa shape index (κ2) is 6.23. The van der Waals surface area contributed by atoms with Crippen LogP contribution in [0.2, 0.25) is 0 Å². The fourth-order valence-electron chi connectivity index (χ4n) is 3.16. The normalized spacial score (nSPS) is 18.0. The van der Waals surface area contributed by atoms with Gasteiger partial charge in [0.1, 0.15) is 0 Å². The van der Waals surface area contributed by atoms with E-state index < -0.39 is 10.0 Å². The minimum atomic E-state index is -3.34. The number of hydrogen-bond donors (Lipinski definition) is 1. The van der Waals surface area contributed by atoms with Crippen molar-refractivity contribution >= 4 is 10.0 Å². The Balaban J connectivity index is 1.78. The highest BCUT2D eigenvalue weighted by Gasteiger charge is 2.24. The molecule has 0 saturated carbocycles. The van der Waals surface area contributed by atoms with Gasteiger partial charge in [0, 0.05) is 6.04 Å². The topological polar surface area (TPSA) is 46.2 Å². The van der Waals surface area contributed by atoms with E-state index in [4.69, 9.17) is 0 Å². The van der Waals surface area contributed by atoms with Crippen LogP contribution in [0.3, 0.4) is 0 Å². The van der Waals surface area contributed by atoms with Crippen LogP contribution in [0.15, 0.2) is 48.5 Å². The molecule has 1 aliphatic rings. The van der Waals surface area contributed by atoms with Crippen molar-refractivity contribution in [2.75, 3.05) is 0 Å². The molecule has 2 aromatic rings. The lowest BCUT2D eigenvalue weighted by Gasteiger charge is -2.26. The third-order valence-electron chi connectivity index (χ3n) is 4.13. The molecule has 116 valence electrons. The van der Waals surface area contributed by atoms with Gasteiger partial charge in [-0.2, -0.15) is 0 Å². The van der Waals surface area contributed by atoms with Gasteiger partial charge in [-0.25, -0.2) is 13.1 Å². The number of fused-ring (bicyclic) bond motifs is 1. The van der Waals surface area contributed by atoms with Gasteiger partial charge in [-0.3, -0.25) is 0 Å². The molecule has 0 radical (unpaired) electrons. The first-order valence-electron chi connectivity index (χ1n) is 7.67. The fourth-order valence-corrected chi connectivity index (χ4v) is 4.54. The Hall–Kier alpha value is -1.65. The average molecular weight is 315 g/mol. The molecule has 1 atom stereocenters. The smallest absolute Gasteiger partial charge is 0.212 e. The van der Waals surface area contributed by atoms with E-state index in [1.807, 2.05) is 49.4 Å². The van der Waals surface area contributed by atoms with Gasteiger partial charge in [-0.1, -0.05) is 54.1 Å². The van der Waals surface area contributed by atoms with Gasteiger partial charge in [0.15, 0.2) is 0 Å². The maximum Gasteiger partial charge on any atom is 0.216 e. The third-order valence-corrected chi connectivity index (χ3v) is 5.49. The summed E-state index contributed by atoms with van der Waals surface area (Å²) in [7, 11) is -3.34. The molecule has 0 fully saturated rings. The van der Waals surface area contributed by atoms with Crippen molar-refractivity contribution < 1.29 is 8.42 Å². The lowest BCUT2D eigenvalue weighted by atomic mass is 9.88. The van der Waals surface area contributed by atoms with Crippen molar-refractivity contribution in [3.05, 3.63) is 70.8 Å². The summed E-state index contributed by atoms with van der Waals surface area (Å²) in [5.74, 6) is 0.0351. The van der Waals surface area contributed by atoms with Crippen LogP contribution in [-0.4, -0.2) is 8.42 Å². The molecule has 0 aromatic heterocycles. The molecule has 0 aliphatic heterocycles. The van der Waals surface area contributed by atoms with Crippen LogP contribution in [0.25, 0.3) is 0 Å². The largest absolute Gasteiger partial charge is 0.216 e. The zero-order valence-corrected chi connectivity index (χ0v) is 13.6. The number of sulfonamides is 1. The Morgan fingerprint density at radius 3 is 2.77 bits per heavy atom. The molecule has 1 N–H and O–H groups in total. The van der Waals surface area contributed by atoms with Crippen molar-refractivity contribution in [2.24, 2.45) is 0 Å². The van der Waals surface area contributed by atoms with Crippen LogP contribution >= 0.6 is 0 Å². The highest BCUT2D eigenvalue weighted by atomic mass is 32.2. The molecule has 3 rings (SSSR count). The van der Waals surface area contributed by atoms with Gasteiger partial charge in [0.05, 0.1) is 5.75 Å². The maximum atomic E-state index is 12.5. The van der Waals surface area contributed by atoms with E-state index in [0.29, 0.717) is 0 Å². The fraction of sp³-hybridized carbons (Fsp3) is 0.333. The van der Waals surface area contributed by atoms with E-state index in [9.17, 15) is 8.42 Å². The minimum absolute atomic E-state index is 0.0351. The predicted molar refractivity (Wildman–Crippen MR) is 89.1 cm³/mol. The SMILES string of the molecule is Cc1cccc(CS(=O)(=O)NC2CCCc3ccccc32)c1. The summed E-state index contributed by atoms with van der Waals surface area (Å²) < 4.78 is 27.8. The van der Waals surface area contributed by atoms with Crippen molar-refractivity contribution in [1.29, 1.82) is 0 Å². The Morgan fingerprint density at radius 2 is 1.95 bits per heavy atom. The average Bonchev–Trinajstić information content (AvgIpc) is 2.47. The number of aryl methyl sites for hydroxylation is 2. The third kappa shape index (κ3) is 3.57. The minimum Gasteiger partial charge on any atom is -0.212 e. The summed E-state index contributed by atoms with van der Waals surface area (Å²) in [5.41, 5.74) is 4.30. The quantitative estimate of drug-likeness (QED) is 0.938. The zero-order chi connectivity index (χ0) is 15.6. The second-order valence-corrected chi connectivity index (χ2v) is 7.76. The molecule has 0 saturated heterocycles. The van der Waals surface area contributed by atoms with Gasteiger partial charge < -0.3 is 0 Å². The molecule has 22 heavy (non-hydrogen) atoms. The van der Waals surface area contributed by atoms with Crippen molar-refractivity contribution in [3.8, 4) is 0 Å². The molecular formula is C18H21NO2S. The first-order chi connectivity index (χ1) is 10.5. The summed E-state index contributed by atoms with van der Waals surface area (Å²) in [6, 6.07) is 15.7. The molecule has 1 unspecified atom stereocenters. The zero-order valence-electron chi connectivity index (χ0n) is 12.7.